The second-order valence-electron chi connectivity index (χ2n) is 7.21. The minimum Gasteiger partial charge on any atom is -0.459 e. The number of hydrogen-bond donors (Lipinski definition) is 2. The molecule has 2 heterocycles. The molecule has 0 radical (unpaired) electrons. The average molecular weight is 369 g/mol. The molecule has 2 N–H and O–H groups in total. The molecule has 2 aromatic rings. The van der Waals surface area contributed by atoms with E-state index >= 15 is 0 Å². The van der Waals surface area contributed by atoms with Crippen molar-refractivity contribution in [2.45, 2.75) is 51.4 Å². The molecule has 0 aliphatic carbocycles. The first-order valence-electron chi connectivity index (χ1n) is 9.45. The van der Waals surface area contributed by atoms with Crippen LogP contribution in [0.15, 0.2) is 53.1 Å². The van der Waals surface area contributed by atoms with E-state index in [0.717, 1.165) is 25.9 Å². The first-order valence-corrected chi connectivity index (χ1v) is 9.45. The van der Waals surface area contributed by atoms with Crippen molar-refractivity contribution in [1.29, 1.82) is 0 Å². The van der Waals surface area contributed by atoms with Crippen molar-refractivity contribution in [3.63, 3.8) is 0 Å². The molecule has 3 unspecified atom stereocenters. The molecule has 0 saturated carbocycles. The molecular weight excluding hydrogens is 342 g/mol. The highest BCUT2D eigenvalue weighted by Gasteiger charge is 2.28. The van der Waals surface area contributed by atoms with E-state index in [0.29, 0.717) is 6.04 Å². The Labute approximate surface area is 159 Å². The van der Waals surface area contributed by atoms with Crippen LogP contribution in [0.3, 0.4) is 0 Å². The van der Waals surface area contributed by atoms with Gasteiger partial charge in [0.15, 0.2) is 5.76 Å². The van der Waals surface area contributed by atoms with Gasteiger partial charge in [0.25, 0.3) is 5.91 Å². The maximum atomic E-state index is 12.4. The first kappa shape index (κ1) is 19.2. The topological polar surface area (TPSA) is 74.6 Å². The fourth-order valence-electron chi connectivity index (χ4n) is 3.47. The van der Waals surface area contributed by atoms with Gasteiger partial charge in [0.2, 0.25) is 5.91 Å². The average Bonchev–Trinajstić information content (AvgIpc) is 3.19. The minimum atomic E-state index is -0.611. The molecule has 1 aromatic carbocycles. The number of nitrogens with zero attached hydrogens (tertiary/aromatic N) is 1. The largest absolute Gasteiger partial charge is 0.459 e. The molecule has 6 heteroatoms. The number of rotatable bonds is 6. The molecule has 2 amide bonds. The number of carbonyl (C=O) groups excluding carboxylic acids is 2. The Balaban J connectivity index is 1.46. The summed E-state index contributed by atoms with van der Waals surface area (Å²) in [6.07, 6.45) is 3.24. The summed E-state index contributed by atoms with van der Waals surface area (Å²) in [5, 5.41) is 5.74. The maximum Gasteiger partial charge on any atom is 0.287 e. The van der Waals surface area contributed by atoms with Crippen LogP contribution >= 0.6 is 0 Å². The molecule has 3 atom stereocenters. The van der Waals surface area contributed by atoms with Crippen LogP contribution in [0.5, 0.6) is 0 Å². The Morgan fingerprint density at radius 2 is 2.00 bits per heavy atom. The maximum absolute atomic E-state index is 12.4. The molecule has 1 aliphatic rings. The van der Waals surface area contributed by atoms with Crippen LogP contribution in [0, 0.1) is 0 Å². The van der Waals surface area contributed by atoms with Gasteiger partial charge >= 0.3 is 0 Å². The standard InChI is InChI=1S/C21H27N3O3/c1-15-13-18(10-11-24(15)14-17-7-4-3-5-8-17)23-20(25)16(2)22-21(26)19-9-6-12-27-19/h3-9,12,15-16,18H,10-11,13-14H2,1-2H3,(H,22,26)(H,23,25). The Bertz CT molecular complexity index is 745. The van der Waals surface area contributed by atoms with Crippen LogP contribution in [0.1, 0.15) is 42.8 Å². The summed E-state index contributed by atoms with van der Waals surface area (Å²) in [4.78, 5) is 26.9. The monoisotopic (exact) mass is 369 g/mol. The van der Waals surface area contributed by atoms with Crippen molar-refractivity contribution in [3.05, 3.63) is 60.1 Å². The lowest BCUT2D eigenvalue weighted by atomic mass is 9.97. The normalized spacial score (nSPS) is 21.4. The van der Waals surface area contributed by atoms with Gasteiger partial charge < -0.3 is 15.1 Å². The highest BCUT2D eigenvalue weighted by Crippen LogP contribution is 2.20. The van der Waals surface area contributed by atoms with Crippen molar-refractivity contribution in [2.24, 2.45) is 0 Å². The number of carbonyl (C=O) groups is 2. The lowest BCUT2D eigenvalue weighted by Gasteiger charge is -2.38. The number of likely N-dealkylation sites (tertiary alicyclic amines) is 1. The van der Waals surface area contributed by atoms with Gasteiger partial charge in [0.05, 0.1) is 6.26 Å². The summed E-state index contributed by atoms with van der Waals surface area (Å²) in [5.41, 5.74) is 1.31. The lowest BCUT2D eigenvalue weighted by Crippen LogP contribution is -2.52. The molecule has 0 bridgehead atoms. The molecule has 27 heavy (non-hydrogen) atoms. The molecule has 6 nitrogen and oxygen atoms in total. The lowest BCUT2D eigenvalue weighted by molar-refractivity contribution is -0.123. The Kier molecular flexibility index (Phi) is 6.29. The Hall–Kier alpha value is -2.60. The van der Waals surface area contributed by atoms with E-state index in [4.69, 9.17) is 4.42 Å². The van der Waals surface area contributed by atoms with E-state index in [9.17, 15) is 9.59 Å². The van der Waals surface area contributed by atoms with Crippen LogP contribution in [0.2, 0.25) is 0 Å². The third-order valence-electron chi connectivity index (χ3n) is 5.07. The zero-order chi connectivity index (χ0) is 19.2. The molecule has 3 rings (SSSR count). The summed E-state index contributed by atoms with van der Waals surface area (Å²) < 4.78 is 5.05. The third-order valence-corrected chi connectivity index (χ3v) is 5.07. The molecule has 1 fully saturated rings. The second-order valence-corrected chi connectivity index (χ2v) is 7.21. The third kappa shape index (κ3) is 5.20. The number of nitrogens with one attached hydrogen (secondary N) is 2. The summed E-state index contributed by atoms with van der Waals surface area (Å²) in [6, 6.07) is 13.6. The van der Waals surface area contributed by atoms with Gasteiger partial charge in [0, 0.05) is 25.2 Å². The van der Waals surface area contributed by atoms with E-state index in [1.807, 2.05) is 6.07 Å². The first-order chi connectivity index (χ1) is 13.0. The van der Waals surface area contributed by atoms with Crippen LogP contribution in [0.25, 0.3) is 0 Å². The number of amides is 2. The molecular formula is C21H27N3O3. The van der Waals surface area contributed by atoms with E-state index in [1.54, 1.807) is 19.1 Å². The fraction of sp³-hybridized carbons (Fsp3) is 0.429. The van der Waals surface area contributed by atoms with Gasteiger partial charge in [-0.1, -0.05) is 30.3 Å². The quantitative estimate of drug-likeness (QED) is 0.821. The molecule has 144 valence electrons. The summed E-state index contributed by atoms with van der Waals surface area (Å²) in [6.45, 7) is 5.75. The van der Waals surface area contributed by atoms with E-state index in [2.05, 4.69) is 46.7 Å². The minimum absolute atomic E-state index is 0.127. The van der Waals surface area contributed by atoms with Crippen molar-refractivity contribution in [1.82, 2.24) is 15.5 Å². The number of benzene rings is 1. The van der Waals surface area contributed by atoms with Gasteiger partial charge in [-0.15, -0.1) is 0 Å². The van der Waals surface area contributed by atoms with Gasteiger partial charge in [0.1, 0.15) is 6.04 Å². The predicted octanol–water partition coefficient (Wildman–Crippen LogP) is 2.57. The van der Waals surface area contributed by atoms with Gasteiger partial charge in [-0.25, -0.2) is 0 Å². The second kappa shape index (κ2) is 8.86. The molecule has 1 aromatic heterocycles. The van der Waals surface area contributed by atoms with Gasteiger partial charge in [-0.2, -0.15) is 0 Å². The van der Waals surface area contributed by atoms with E-state index in [-0.39, 0.29) is 23.6 Å². The van der Waals surface area contributed by atoms with E-state index in [1.165, 1.54) is 11.8 Å². The van der Waals surface area contributed by atoms with Gasteiger partial charge in [-0.3, -0.25) is 14.5 Å². The van der Waals surface area contributed by atoms with E-state index < -0.39 is 6.04 Å². The number of furan rings is 1. The summed E-state index contributed by atoms with van der Waals surface area (Å²) >= 11 is 0. The van der Waals surface area contributed by atoms with Gasteiger partial charge in [-0.05, 0) is 44.4 Å². The molecule has 1 aliphatic heterocycles. The SMILES string of the molecule is CC(NC(=O)c1ccco1)C(=O)NC1CCN(Cc2ccccc2)C(C)C1. The fourth-order valence-corrected chi connectivity index (χ4v) is 3.47. The number of piperidine rings is 1. The Morgan fingerprint density at radius 1 is 1.22 bits per heavy atom. The summed E-state index contributed by atoms with van der Waals surface area (Å²) in [7, 11) is 0. The van der Waals surface area contributed by atoms with Crippen molar-refractivity contribution in [2.75, 3.05) is 6.54 Å². The van der Waals surface area contributed by atoms with Crippen molar-refractivity contribution < 1.29 is 14.0 Å². The molecule has 0 spiro atoms. The van der Waals surface area contributed by atoms with Crippen LogP contribution in [0.4, 0.5) is 0 Å². The zero-order valence-electron chi connectivity index (χ0n) is 15.9. The Morgan fingerprint density at radius 3 is 2.67 bits per heavy atom. The predicted molar refractivity (Wildman–Crippen MR) is 103 cm³/mol. The highest BCUT2D eigenvalue weighted by molar-refractivity contribution is 5.95. The number of hydrogen-bond acceptors (Lipinski definition) is 4. The highest BCUT2D eigenvalue weighted by atomic mass is 16.3. The summed E-state index contributed by atoms with van der Waals surface area (Å²) in [5.74, 6) is -0.338. The van der Waals surface area contributed by atoms with Crippen molar-refractivity contribution >= 4 is 11.8 Å². The zero-order valence-corrected chi connectivity index (χ0v) is 15.9. The smallest absolute Gasteiger partial charge is 0.287 e. The van der Waals surface area contributed by atoms with Crippen molar-refractivity contribution in [3.8, 4) is 0 Å². The molecule has 1 saturated heterocycles. The van der Waals surface area contributed by atoms with Crippen LogP contribution in [-0.4, -0.2) is 41.4 Å². The van der Waals surface area contributed by atoms with Crippen LogP contribution in [-0.2, 0) is 11.3 Å². The van der Waals surface area contributed by atoms with Crippen LogP contribution < -0.4 is 10.6 Å².